The number of furan rings is 1. The minimum absolute atomic E-state index is 0.530. The van der Waals surface area contributed by atoms with Gasteiger partial charge in [-0.15, -0.1) is 11.3 Å². The maximum Gasteiger partial charge on any atom is 0.164 e. The highest BCUT2D eigenvalue weighted by atomic mass is 32.1. The molecule has 270 valence electrons. The van der Waals surface area contributed by atoms with Crippen molar-refractivity contribution in [2.24, 2.45) is 0 Å². The third-order valence-corrected chi connectivity index (χ3v) is 11.6. The van der Waals surface area contributed by atoms with E-state index in [9.17, 15) is 5.26 Å². The van der Waals surface area contributed by atoms with Crippen molar-refractivity contribution in [1.29, 1.82) is 5.26 Å². The molecule has 58 heavy (non-hydrogen) atoms. The van der Waals surface area contributed by atoms with Crippen molar-refractivity contribution in [1.82, 2.24) is 24.9 Å². The van der Waals surface area contributed by atoms with Crippen molar-refractivity contribution in [3.63, 3.8) is 0 Å². The van der Waals surface area contributed by atoms with Crippen LogP contribution in [0.2, 0.25) is 0 Å². The summed E-state index contributed by atoms with van der Waals surface area (Å²) in [5, 5.41) is 12.4. The first-order chi connectivity index (χ1) is 28.7. The van der Waals surface area contributed by atoms with Crippen molar-refractivity contribution in [3.05, 3.63) is 175 Å². The Labute approximate surface area is 336 Å². The SMILES string of the molecule is N#Cc1cccc(-c2ccc(-c3nc(-c4ccccc4)nc(-c4cccc5oc6c(-c7nc(-c8ccccc8)c8sc9ccccc9c8n7)cccc6c45)n3)cc2)c1. The van der Waals surface area contributed by atoms with E-state index in [0.29, 0.717) is 40.0 Å². The summed E-state index contributed by atoms with van der Waals surface area (Å²) in [6, 6.07) is 58.7. The first-order valence-corrected chi connectivity index (χ1v) is 19.6. The molecule has 7 aromatic carbocycles. The number of nitriles is 1. The molecule has 7 nitrogen and oxygen atoms in total. The fourth-order valence-electron chi connectivity index (χ4n) is 7.64. The standard InChI is InChI=1S/C50H28N6OS/c51-29-30-12-9-17-35(28-30)31-24-26-34(27-25-31)48-54-47(33-15-5-2-6-16-33)55-49(56-48)38-20-11-22-40-42(38)37-19-10-21-39(45(37)57-40)50-52-43(32-13-3-1-4-14-32)46-44(53-50)36-18-7-8-23-41(36)58-46/h1-28H. The highest BCUT2D eigenvalue weighted by molar-refractivity contribution is 7.26. The zero-order chi connectivity index (χ0) is 38.6. The lowest BCUT2D eigenvalue weighted by atomic mass is 10.0. The van der Waals surface area contributed by atoms with Crippen LogP contribution >= 0.6 is 11.3 Å². The third-order valence-electron chi connectivity index (χ3n) is 10.4. The Morgan fingerprint density at radius 3 is 1.86 bits per heavy atom. The van der Waals surface area contributed by atoms with Crippen LogP contribution in [0.3, 0.4) is 0 Å². The molecule has 8 heteroatoms. The van der Waals surface area contributed by atoms with Gasteiger partial charge in [-0.05, 0) is 41.5 Å². The number of rotatable bonds is 6. The van der Waals surface area contributed by atoms with Crippen molar-refractivity contribution in [2.45, 2.75) is 0 Å². The number of hydrogen-bond acceptors (Lipinski definition) is 8. The molecule has 0 fully saturated rings. The van der Waals surface area contributed by atoms with Gasteiger partial charge in [0.2, 0.25) is 0 Å². The van der Waals surface area contributed by atoms with Crippen LogP contribution in [0.1, 0.15) is 5.56 Å². The molecule has 4 heterocycles. The van der Waals surface area contributed by atoms with Crippen LogP contribution in [0, 0.1) is 11.3 Å². The molecule has 0 aliphatic heterocycles. The predicted octanol–water partition coefficient (Wildman–Crippen LogP) is 12.8. The van der Waals surface area contributed by atoms with Gasteiger partial charge >= 0.3 is 0 Å². The molecule has 0 saturated carbocycles. The Hall–Kier alpha value is -7.86. The monoisotopic (exact) mass is 760 g/mol. The molecule has 0 aliphatic rings. The van der Waals surface area contributed by atoms with E-state index >= 15 is 0 Å². The van der Waals surface area contributed by atoms with Gasteiger partial charge in [0.15, 0.2) is 23.3 Å². The minimum Gasteiger partial charge on any atom is -0.455 e. The van der Waals surface area contributed by atoms with E-state index in [1.165, 1.54) is 4.70 Å². The van der Waals surface area contributed by atoms with Crippen LogP contribution in [0.4, 0.5) is 0 Å². The van der Waals surface area contributed by atoms with Crippen LogP contribution in [-0.4, -0.2) is 24.9 Å². The van der Waals surface area contributed by atoms with Gasteiger partial charge in [0.1, 0.15) is 11.2 Å². The summed E-state index contributed by atoms with van der Waals surface area (Å²) >= 11 is 1.72. The largest absolute Gasteiger partial charge is 0.455 e. The lowest BCUT2D eigenvalue weighted by Gasteiger charge is -2.10. The Bertz CT molecular complexity index is 3410. The van der Waals surface area contributed by atoms with E-state index in [4.69, 9.17) is 29.3 Å². The van der Waals surface area contributed by atoms with Gasteiger partial charge in [0, 0.05) is 43.1 Å². The highest BCUT2D eigenvalue weighted by Crippen LogP contribution is 2.43. The fourth-order valence-corrected chi connectivity index (χ4v) is 8.79. The summed E-state index contributed by atoms with van der Waals surface area (Å²) in [5.74, 6) is 2.24. The second-order valence-electron chi connectivity index (χ2n) is 13.9. The van der Waals surface area contributed by atoms with Crippen molar-refractivity contribution >= 4 is 53.6 Å². The van der Waals surface area contributed by atoms with Gasteiger partial charge in [-0.25, -0.2) is 24.9 Å². The Morgan fingerprint density at radius 2 is 1.07 bits per heavy atom. The zero-order valence-corrected chi connectivity index (χ0v) is 31.5. The van der Waals surface area contributed by atoms with Crippen LogP contribution in [0.15, 0.2) is 174 Å². The summed E-state index contributed by atoms with van der Waals surface area (Å²) in [4.78, 5) is 25.7. The first-order valence-electron chi connectivity index (χ1n) is 18.8. The maximum absolute atomic E-state index is 9.44. The second-order valence-corrected chi connectivity index (χ2v) is 15.0. The lowest BCUT2D eigenvalue weighted by Crippen LogP contribution is -2.00. The molecule has 0 spiro atoms. The number of thiophene rings is 1. The minimum atomic E-state index is 0.530. The molecule has 11 aromatic rings. The van der Waals surface area contributed by atoms with Gasteiger partial charge in [-0.2, -0.15) is 5.26 Å². The lowest BCUT2D eigenvalue weighted by molar-refractivity contribution is 0.669. The van der Waals surface area contributed by atoms with Gasteiger partial charge in [-0.1, -0.05) is 140 Å². The van der Waals surface area contributed by atoms with E-state index in [1.54, 1.807) is 17.4 Å². The number of nitrogens with zero attached hydrogens (tertiary/aromatic N) is 6. The molecule has 0 bridgehead atoms. The summed E-state index contributed by atoms with van der Waals surface area (Å²) in [5.41, 5.74) is 10.2. The highest BCUT2D eigenvalue weighted by Gasteiger charge is 2.22. The van der Waals surface area contributed by atoms with E-state index in [1.807, 2.05) is 121 Å². The molecule has 4 aromatic heterocycles. The van der Waals surface area contributed by atoms with E-state index in [0.717, 1.165) is 71.0 Å². The summed E-state index contributed by atoms with van der Waals surface area (Å²) in [6.45, 7) is 0. The molecule has 0 N–H and O–H groups in total. The number of fused-ring (bicyclic) bond motifs is 6. The average Bonchev–Trinajstić information content (AvgIpc) is 3.88. The maximum atomic E-state index is 9.44. The van der Waals surface area contributed by atoms with Gasteiger partial charge in [0.05, 0.1) is 33.1 Å². The number of hydrogen-bond donors (Lipinski definition) is 0. The normalized spacial score (nSPS) is 11.4. The Morgan fingerprint density at radius 1 is 0.466 bits per heavy atom. The number of aromatic nitrogens is 5. The van der Waals surface area contributed by atoms with Crippen molar-refractivity contribution in [2.75, 3.05) is 0 Å². The van der Waals surface area contributed by atoms with E-state index < -0.39 is 0 Å². The van der Waals surface area contributed by atoms with E-state index in [-0.39, 0.29) is 0 Å². The zero-order valence-electron chi connectivity index (χ0n) is 30.7. The van der Waals surface area contributed by atoms with Crippen molar-refractivity contribution < 1.29 is 4.42 Å². The molecular weight excluding hydrogens is 733 g/mol. The smallest absolute Gasteiger partial charge is 0.164 e. The fraction of sp³-hybridized carbons (Fsp3) is 0. The second kappa shape index (κ2) is 13.7. The predicted molar refractivity (Wildman–Crippen MR) is 233 cm³/mol. The molecule has 0 atom stereocenters. The topological polar surface area (TPSA) is 101 Å². The number of para-hydroxylation sites is 1. The molecule has 0 saturated heterocycles. The summed E-state index contributed by atoms with van der Waals surface area (Å²) < 4.78 is 8.98. The van der Waals surface area contributed by atoms with Crippen LogP contribution in [-0.2, 0) is 0 Å². The molecule has 0 unspecified atom stereocenters. The quantitative estimate of drug-likeness (QED) is 0.166. The Kier molecular flexibility index (Phi) is 7.91. The van der Waals surface area contributed by atoms with Gasteiger partial charge in [-0.3, -0.25) is 0 Å². The average molecular weight is 761 g/mol. The van der Waals surface area contributed by atoms with Gasteiger partial charge in [0.25, 0.3) is 0 Å². The summed E-state index contributed by atoms with van der Waals surface area (Å²) in [7, 11) is 0. The third kappa shape index (κ3) is 5.69. The molecular formula is C50H28N6OS. The molecule has 0 amide bonds. The Balaban J connectivity index is 1.09. The van der Waals surface area contributed by atoms with Crippen LogP contribution < -0.4 is 0 Å². The molecule has 0 radical (unpaired) electrons. The van der Waals surface area contributed by atoms with Crippen LogP contribution in [0.25, 0.3) is 110 Å². The molecule has 0 aliphatic carbocycles. The summed E-state index contributed by atoms with van der Waals surface area (Å²) in [6.07, 6.45) is 0. The van der Waals surface area contributed by atoms with Gasteiger partial charge < -0.3 is 4.42 Å². The number of benzene rings is 7. The first kappa shape index (κ1) is 33.5. The molecule has 11 rings (SSSR count). The van der Waals surface area contributed by atoms with E-state index in [2.05, 4.69) is 48.5 Å². The van der Waals surface area contributed by atoms with Crippen LogP contribution in [0.5, 0.6) is 0 Å². The van der Waals surface area contributed by atoms with Crippen molar-refractivity contribution in [3.8, 4) is 74.0 Å².